The molecule has 2 nitrogen and oxygen atoms in total. The van der Waals surface area contributed by atoms with E-state index >= 15 is 0 Å². The van der Waals surface area contributed by atoms with E-state index in [1.807, 2.05) is 0 Å². The van der Waals surface area contributed by atoms with E-state index in [2.05, 4.69) is 25.7 Å². The van der Waals surface area contributed by atoms with Gasteiger partial charge in [-0.1, -0.05) is 27.2 Å². The lowest BCUT2D eigenvalue weighted by Crippen LogP contribution is -2.50. The van der Waals surface area contributed by atoms with Crippen molar-refractivity contribution in [1.29, 1.82) is 0 Å². The van der Waals surface area contributed by atoms with Gasteiger partial charge in [-0.25, -0.2) is 0 Å². The van der Waals surface area contributed by atoms with E-state index in [9.17, 15) is 0 Å². The van der Waals surface area contributed by atoms with Gasteiger partial charge in [0.1, 0.15) is 0 Å². The summed E-state index contributed by atoms with van der Waals surface area (Å²) in [4.78, 5) is 2.74. The van der Waals surface area contributed by atoms with Gasteiger partial charge in [-0.15, -0.1) is 0 Å². The molecule has 1 saturated heterocycles. The van der Waals surface area contributed by atoms with Crippen molar-refractivity contribution in [3.05, 3.63) is 0 Å². The highest BCUT2D eigenvalue weighted by Crippen LogP contribution is 2.44. The summed E-state index contributed by atoms with van der Waals surface area (Å²) in [5.41, 5.74) is 6.47. The average Bonchev–Trinajstić information content (AvgIpc) is 2.52. The third-order valence-electron chi connectivity index (χ3n) is 4.66. The molecule has 0 aromatic heterocycles. The van der Waals surface area contributed by atoms with Crippen molar-refractivity contribution in [2.24, 2.45) is 17.1 Å². The van der Waals surface area contributed by atoms with E-state index in [0.29, 0.717) is 11.5 Å². The van der Waals surface area contributed by atoms with Gasteiger partial charge in [0.15, 0.2) is 0 Å². The van der Waals surface area contributed by atoms with Gasteiger partial charge in [0.25, 0.3) is 0 Å². The molecule has 1 aliphatic carbocycles. The second-order valence-corrected chi connectivity index (χ2v) is 6.74. The molecule has 3 unspecified atom stereocenters. The molecule has 2 N–H and O–H groups in total. The summed E-state index contributed by atoms with van der Waals surface area (Å²) in [6.45, 7) is 9.41. The monoisotopic (exact) mass is 224 g/mol. The van der Waals surface area contributed by atoms with Crippen LogP contribution >= 0.6 is 0 Å². The molecule has 1 saturated carbocycles. The number of likely N-dealkylation sites (tertiary alicyclic amines) is 1. The molecule has 0 spiro atoms. The lowest BCUT2D eigenvalue weighted by atomic mass is 9.90. The maximum atomic E-state index is 5.93. The topological polar surface area (TPSA) is 29.3 Å². The van der Waals surface area contributed by atoms with Crippen molar-refractivity contribution in [3.63, 3.8) is 0 Å². The van der Waals surface area contributed by atoms with Gasteiger partial charge in [-0.05, 0) is 43.6 Å². The van der Waals surface area contributed by atoms with Crippen LogP contribution in [0.3, 0.4) is 0 Å². The van der Waals surface area contributed by atoms with Crippen LogP contribution in [0, 0.1) is 11.3 Å². The molecule has 3 atom stereocenters. The fourth-order valence-corrected chi connectivity index (χ4v) is 4.02. The van der Waals surface area contributed by atoms with Crippen LogP contribution in [0.5, 0.6) is 0 Å². The van der Waals surface area contributed by atoms with Crippen molar-refractivity contribution in [2.75, 3.05) is 13.1 Å². The van der Waals surface area contributed by atoms with Gasteiger partial charge in [0.05, 0.1) is 0 Å². The quantitative estimate of drug-likeness (QED) is 0.781. The highest BCUT2D eigenvalue weighted by Gasteiger charge is 2.41. The van der Waals surface area contributed by atoms with E-state index in [4.69, 9.17) is 5.73 Å². The van der Waals surface area contributed by atoms with Gasteiger partial charge < -0.3 is 5.73 Å². The molecule has 0 bridgehead atoms. The molecule has 0 radical (unpaired) electrons. The molecule has 2 rings (SSSR count). The fourth-order valence-electron chi connectivity index (χ4n) is 4.02. The maximum Gasteiger partial charge on any atom is 0.0221 e. The number of nitrogens with two attached hydrogens (primary N) is 1. The second kappa shape index (κ2) is 4.66. The van der Waals surface area contributed by atoms with Crippen LogP contribution in [0.4, 0.5) is 0 Å². The molecule has 0 amide bonds. The zero-order valence-corrected chi connectivity index (χ0v) is 11.2. The van der Waals surface area contributed by atoms with Crippen LogP contribution in [0.15, 0.2) is 0 Å². The average molecular weight is 224 g/mol. The summed E-state index contributed by atoms with van der Waals surface area (Å²) in [5.74, 6) is 0.849. The van der Waals surface area contributed by atoms with Crippen molar-refractivity contribution in [2.45, 2.75) is 65.0 Å². The highest BCUT2D eigenvalue weighted by molar-refractivity contribution is 4.95. The lowest BCUT2D eigenvalue weighted by molar-refractivity contribution is 0.0783. The van der Waals surface area contributed by atoms with Crippen LogP contribution in [-0.2, 0) is 0 Å². The second-order valence-electron chi connectivity index (χ2n) is 6.74. The molecule has 0 aromatic carbocycles. The summed E-state index contributed by atoms with van der Waals surface area (Å²) in [5, 5.41) is 0. The predicted octanol–water partition coefficient (Wildman–Crippen LogP) is 2.62. The van der Waals surface area contributed by atoms with Gasteiger partial charge in [0, 0.05) is 18.6 Å². The lowest BCUT2D eigenvalue weighted by Gasteiger charge is -2.41. The Morgan fingerprint density at radius 2 is 2.00 bits per heavy atom. The number of rotatable bonds is 2. The van der Waals surface area contributed by atoms with E-state index in [-0.39, 0.29) is 0 Å². The number of piperidine rings is 1. The number of hydrogen-bond donors (Lipinski definition) is 1. The summed E-state index contributed by atoms with van der Waals surface area (Å²) in [6.07, 6.45) is 6.82. The van der Waals surface area contributed by atoms with Crippen molar-refractivity contribution in [1.82, 2.24) is 4.90 Å². The molecule has 0 aromatic rings. The number of nitrogens with zero attached hydrogens (tertiary/aromatic N) is 1. The first-order chi connectivity index (χ1) is 7.53. The largest absolute Gasteiger partial charge is 0.329 e. The minimum Gasteiger partial charge on any atom is -0.329 e. The van der Waals surface area contributed by atoms with E-state index < -0.39 is 0 Å². The summed E-state index contributed by atoms with van der Waals surface area (Å²) in [6, 6.07) is 1.46. The normalized spacial score (nSPS) is 40.1. The predicted molar refractivity (Wildman–Crippen MR) is 69.4 cm³/mol. The van der Waals surface area contributed by atoms with Gasteiger partial charge >= 0.3 is 0 Å². The van der Waals surface area contributed by atoms with Crippen molar-refractivity contribution in [3.8, 4) is 0 Å². The highest BCUT2D eigenvalue weighted by atomic mass is 15.2. The minimum absolute atomic E-state index is 0.542. The van der Waals surface area contributed by atoms with Crippen molar-refractivity contribution >= 4 is 0 Å². The molecule has 1 aliphatic heterocycles. The summed E-state index contributed by atoms with van der Waals surface area (Å²) < 4.78 is 0. The Hall–Kier alpha value is -0.0800. The van der Waals surface area contributed by atoms with E-state index in [1.165, 1.54) is 38.6 Å². The Kier molecular flexibility index (Phi) is 3.60. The summed E-state index contributed by atoms with van der Waals surface area (Å²) in [7, 11) is 0. The van der Waals surface area contributed by atoms with Gasteiger partial charge in [0.2, 0.25) is 0 Å². The SMILES string of the molecule is CC1CC(C)(C)CC1N1CCCCC1CN. The Morgan fingerprint density at radius 1 is 1.25 bits per heavy atom. The Bertz CT molecular complexity index is 237. The first kappa shape index (κ1) is 12.4. The Balaban J connectivity index is 2.05. The molecule has 1 heterocycles. The van der Waals surface area contributed by atoms with Crippen LogP contribution in [0.25, 0.3) is 0 Å². The van der Waals surface area contributed by atoms with E-state index in [0.717, 1.165) is 18.5 Å². The Labute approximate surface area is 101 Å². The summed E-state index contributed by atoms with van der Waals surface area (Å²) >= 11 is 0. The van der Waals surface area contributed by atoms with Gasteiger partial charge in [-0.3, -0.25) is 4.90 Å². The molecule has 94 valence electrons. The van der Waals surface area contributed by atoms with Crippen LogP contribution in [0.2, 0.25) is 0 Å². The molecular formula is C14H28N2. The number of hydrogen-bond acceptors (Lipinski definition) is 2. The molecule has 16 heavy (non-hydrogen) atoms. The van der Waals surface area contributed by atoms with Crippen LogP contribution in [-0.4, -0.2) is 30.1 Å². The molecule has 2 fully saturated rings. The van der Waals surface area contributed by atoms with Gasteiger partial charge in [-0.2, -0.15) is 0 Å². The zero-order chi connectivity index (χ0) is 11.8. The minimum atomic E-state index is 0.542. The smallest absolute Gasteiger partial charge is 0.0221 e. The standard InChI is InChI=1S/C14H28N2/c1-11-8-14(2,3)9-13(11)16-7-5-4-6-12(16)10-15/h11-13H,4-10,15H2,1-3H3. The zero-order valence-electron chi connectivity index (χ0n) is 11.2. The van der Waals surface area contributed by atoms with Crippen LogP contribution in [0.1, 0.15) is 52.9 Å². The van der Waals surface area contributed by atoms with Crippen molar-refractivity contribution < 1.29 is 0 Å². The molecule has 2 heteroatoms. The third kappa shape index (κ3) is 2.43. The first-order valence-corrected chi connectivity index (χ1v) is 6.99. The van der Waals surface area contributed by atoms with E-state index in [1.54, 1.807) is 0 Å². The first-order valence-electron chi connectivity index (χ1n) is 6.99. The molecule has 2 aliphatic rings. The van der Waals surface area contributed by atoms with Crippen LogP contribution < -0.4 is 5.73 Å². The molecular weight excluding hydrogens is 196 g/mol. The maximum absolute atomic E-state index is 5.93. The fraction of sp³-hybridized carbons (Fsp3) is 1.00. The third-order valence-corrected chi connectivity index (χ3v) is 4.66. The Morgan fingerprint density at radius 3 is 2.56 bits per heavy atom.